The van der Waals surface area contributed by atoms with Gasteiger partial charge >= 0.3 is 9.05 Å². The van der Waals surface area contributed by atoms with Gasteiger partial charge in [0.15, 0.2) is 33.3 Å². The van der Waals surface area contributed by atoms with Gasteiger partial charge in [-0.05, 0) is 72.5 Å². The van der Waals surface area contributed by atoms with Crippen LogP contribution in [0.3, 0.4) is 0 Å². The summed E-state index contributed by atoms with van der Waals surface area (Å²) in [6.45, 7) is 27.5. The molecule has 0 aromatic carbocycles. The van der Waals surface area contributed by atoms with E-state index in [4.69, 9.17) is 20.6 Å². The van der Waals surface area contributed by atoms with Crippen molar-refractivity contribution in [3.05, 3.63) is 0 Å². The van der Waals surface area contributed by atoms with Crippen molar-refractivity contribution >= 4 is 52.3 Å². The van der Waals surface area contributed by atoms with Gasteiger partial charge in [0.1, 0.15) is 0 Å². The van der Waals surface area contributed by atoms with Crippen LogP contribution in [0, 0.1) is 0 Å². The number of hydrogen-bond acceptors (Lipinski definition) is 5. The fourth-order valence-corrected chi connectivity index (χ4v) is 31.4. The van der Waals surface area contributed by atoms with Crippen molar-refractivity contribution < 1.29 is 20.6 Å². The van der Waals surface area contributed by atoms with Crippen molar-refractivity contribution in [3.8, 4) is 0 Å². The van der Waals surface area contributed by atoms with Gasteiger partial charge in [0, 0.05) is 0 Å². The molecule has 0 bridgehead atoms. The third-order valence-corrected chi connectivity index (χ3v) is 37.8. The maximum absolute atomic E-state index is 7.36. The highest BCUT2D eigenvalue weighted by molar-refractivity contribution is 6.91. The molecule has 0 rings (SSSR count). The zero-order chi connectivity index (χ0) is 27.2. The van der Waals surface area contributed by atoms with Gasteiger partial charge in [-0.25, -0.2) is 0 Å². The Morgan fingerprint density at radius 2 is 0.571 bits per heavy atom. The summed E-state index contributed by atoms with van der Waals surface area (Å²) in [6, 6.07) is 13.1. The number of rotatable bonds is 22. The average Bonchev–Trinajstić information content (AvgIpc) is 2.92. The molecular formula is C24H62O5Si6. The zero-order valence-electron chi connectivity index (χ0n) is 25.7. The topological polar surface area (TPSA) is 46.2 Å². The SMILES string of the molecule is CC[Si](CC)(CC)O[SiH2]O[Si](O[Si](CC)(CC)CC)(O[Si](CC)(CC)CC)O[Si](CC)(CC)CC. The van der Waals surface area contributed by atoms with E-state index in [1.807, 2.05) is 0 Å². The van der Waals surface area contributed by atoms with Crippen LogP contribution in [0.4, 0.5) is 0 Å². The first-order valence-corrected chi connectivity index (χ1v) is 27.8. The smallest absolute Gasteiger partial charge is 0.440 e. The predicted octanol–water partition coefficient (Wildman–Crippen LogP) is 8.52. The molecule has 0 spiro atoms. The second-order valence-electron chi connectivity index (χ2n) is 10.2. The Morgan fingerprint density at radius 3 is 0.771 bits per heavy atom. The fraction of sp³-hybridized carbons (Fsp3) is 1.00. The zero-order valence-corrected chi connectivity index (χ0v) is 32.1. The summed E-state index contributed by atoms with van der Waals surface area (Å²) in [6.07, 6.45) is 0. The lowest BCUT2D eigenvalue weighted by atomic mass is 10.9. The second-order valence-corrected chi connectivity index (χ2v) is 34.1. The highest BCUT2D eigenvalue weighted by atomic mass is 28.5. The second kappa shape index (κ2) is 16.9. The van der Waals surface area contributed by atoms with Crippen LogP contribution in [0.25, 0.3) is 0 Å². The Balaban J connectivity index is 6.72. The van der Waals surface area contributed by atoms with Gasteiger partial charge in [0.25, 0.3) is 10.0 Å². The normalized spacial score (nSPS) is 14.4. The van der Waals surface area contributed by atoms with Gasteiger partial charge < -0.3 is 20.6 Å². The van der Waals surface area contributed by atoms with Crippen LogP contribution >= 0.6 is 0 Å². The van der Waals surface area contributed by atoms with Gasteiger partial charge in [-0.3, -0.25) is 0 Å². The molecule has 0 radical (unpaired) electrons. The average molecular weight is 599 g/mol. The summed E-state index contributed by atoms with van der Waals surface area (Å²) in [4.78, 5) is 0. The lowest BCUT2D eigenvalue weighted by Crippen LogP contribution is -2.66. The van der Waals surface area contributed by atoms with Crippen molar-refractivity contribution in [2.75, 3.05) is 0 Å². The summed E-state index contributed by atoms with van der Waals surface area (Å²) >= 11 is 0. The lowest BCUT2D eigenvalue weighted by Gasteiger charge is -2.47. The summed E-state index contributed by atoms with van der Waals surface area (Å²) < 4.78 is 35.9. The molecule has 0 heterocycles. The van der Waals surface area contributed by atoms with Crippen LogP contribution in [-0.2, 0) is 20.6 Å². The minimum atomic E-state index is -3.38. The maximum atomic E-state index is 7.36. The van der Waals surface area contributed by atoms with Crippen LogP contribution in [0.2, 0.25) is 72.5 Å². The van der Waals surface area contributed by atoms with E-state index in [1.165, 1.54) is 0 Å². The van der Waals surface area contributed by atoms with E-state index < -0.39 is 52.3 Å². The Hall–Kier alpha value is 1.10. The van der Waals surface area contributed by atoms with Gasteiger partial charge in [-0.15, -0.1) is 0 Å². The Kier molecular flexibility index (Phi) is 17.5. The Labute approximate surface area is 227 Å². The molecule has 0 aliphatic carbocycles. The highest BCUT2D eigenvalue weighted by Gasteiger charge is 2.58. The standard InChI is InChI=1S/C24H62O5Si6/c1-13-31(14-2,15-3)25-30-26-35(27-32(16-4,17-5)18-6,28-33(19-7,20-8)21-9)29-34(22-10,23-11)24-12/h13-24,30H2,1-12H3. The quantitative estimate of drug-likeness (QED) is 0.117. The molecule has 0 saturated carbocycles. The molecule has 0 unspecified atom stereocenters. The van der Waals surface area contributed by atoms with E-state index >= 15 is 0 Å². The Morgan fingerprint density at radius 1 is 0.343 bits per heavy atom. The van der Waals surface area contributed by atoms with Gasteiger partial charge in [0.2, 0.25) is 0 Å². The lowest BCUT2D eigenvalue weighted by molar-refractivity contribution is 0.138. The van der Waals surface area contributed by atoms with E-state index in [1.54, 1.807) is 0 Å². The van der Waals surface area contributed by atoms with Crippen molar-refractivity contribution in [3.63, 3.8) is 0 Å². The van der Waals surface area contributed by atoms with Crippen LogP contribution in [-0.4, -0.2) is 52.3 Å². The molecule has 11 heteroatoms. The van der Waals surface area contributed by atoms with Gasteiger partial charge in [-0.1, -0.05) is 83.1 Å². The van der Waals surface area contributed by atoms with Crippen LogP contribution in [0.1, 0.15) is 83.1 Å². The van der Waals surface area contributed by atoms with Gasteiger partial charge in [0.05, 0.1) is 0 Å². The van der Waals surface area contributed by atoms with E-state index in [0.29, 0.717) is 0 Å². The van der Waals surface area contributed by atoms with Gasteiger partial charge in [-0.2, -0.15) is 0 Å². The summed E-state index contributed by atoms with van der Waals surface area (Å²) in [5.41, 5.74) is 0. The third-order valence-electron chi connectivity index (χ3n) is 9.36. The molecule has 0 saturated heterocycles. The molecule has 5 nitrogen and oxygen atoms in total. The van der Waals surface area contributed by atoms with E-state index in [9.17, 15) is 0 Å². The van der Waals surface area contributed by atoms with Crippen molar-refractivity contribution in [2.24, 2.45) is 0 Å². The maximum Gasteiger partial charge on any atom is 0.638 e. The first-order chi connectivity index (χ1) is 16.6. The molecule has 0 fully saturated rings. The van der Waals surface area contributed by atoms with E-state index in [-0.39, 0.29) is 0 Å². The molecule has 0 atom stereocenters. The van der Waals surface area contributed by atoms with Crippen molar-refractivity contribution in [1.29, 1.82) is 0 Å². The minimum Gasteiger partial charge on any atom is -0.440 e. The first-order valence-electron chi connectivity index (χ1n) is 14.9. The largest absolute Gasteiger partial charge is 0.638 e. The highest BCUT2D eigenvalue weighted by Crippen LogP contribution is 2.37. The van der Waals surface area contributed by atoms with Crippen molar-refractivity contribution in [2.45, 2.75) is 156 Å². The summed E-state index contributed by atoms with van der Waals surface area (Å²) in [5, 5.41) is 0. The number of hydrogen-bond donors (Lipinski definition) is 0. The fourth-order valence-electron chi connectivity index (χ4n) is 5.13. The summed E-state index contributed by atoms with van der Waals surface area (Å²) in [5.74, 6) is 0. The molecule has 0 aliphatic rings. The van der Waals surface area contributed by atoms with Crippen LogP contribution in [0.5, 0.6) is 0 Å². The molecule has 212 valence electrons. The molecule has 0 amide bonds. The summed E-state index contributed by atoms with van der Waals surface area (Å²) in [7, 11) is -12.5. The van der Waals surface area contributed by atoms with E-state index in [2.05, 4.69) is 83.1 Å². The molecule has 0 aliphatic heterocycles. The van der Waals surface area contributed by atoms with Crippen molar-refractivity contribution in [1.82, 2.24) is 0 Å². The molecular weight excluding hydrogens is 537 g/mol. The monoisotopic (exact) mass is 598 g/mol. The predicted molar refractivity (Wildman–Crippen MR) is 169 cm³/mol. The van der Waals surface area contributed by atoms with Crippen LogP contribution in [0.15, 0.2) is 0 Å². The molecule has 0 aromatic rings. The first kappa shape index (κ1) is 36.1. The van der Waals surface area contributed by atoms with Crippen LogP contribution < -0.4 is 0 Å². The van der Waals surface area contributed by atoms with E-state index in [0.717, 1.165) is 72.5 Å². The molecule has 35 heavy (non-hydrogen) atoms. The third kappa shape index (κ3) is 9.66. The minimum absolute atomic E-state index is 1.07. The molecule has 0 N–H and O–H groups in total. The Bertz CT molecular complexity index is 464. The molecule has 0 aromatic heterocycles.